The van der Waals surface area contributed by atoms with Crippen molar-refractivity contribution in [3.05, 3.63) is 60.0 Å². The second-order valence-electron chi connectivity index (χ2n) is 5.59. The molecule has 0 radical (unpaired) electrons. The van der Waals surface area contributed by atoms with E-state index in [1.807, 2.05) is 30.3 Å². The van der Waals surface area contributed by atoms with Crippen LogP contribution >= 0.6 is 0 Å². The molecule has 1 N–H and O–H groups in total. The molecule has 3 aromatic rings. The van der Waals surface area contributed by atoms with Crippen LogP contribution in [0.15, 0.2) is 53.6 Å². The zero-order valence-electron chi connectivity index (χ0n) is 13.0. The lowest BCUT2D eigenvalue weighted by Crippen LogP contribution is -2.24. The average molecular weight is 330 g/mol. The summed E-state index contributed by atoms with van der Waals surface area (Å²) in [6, 6.07) is 12.4. The minimum atomic E-state index is -3.58. The molecule has 0 spiro atoms. The molecular weight excluding hydrogens is 312 g/mol. The molecule has 0 unspecified atom stereocenters. The number of hydrogen-bond acceptors (Lipinski definition) is 4. The van der Waals surface area contributed by atoms with Crippen molar-refractivity contribution < 1.29 is 8.42 Å². The molecular formula is C16H18N4O2S. The van der Waals surface area contributed by atoms with Gasteiger partial charge in [0.15, 0.2) is 11.5 Å². The maximum absolute atomic E-state index is 12.4. The summed E-state index contributed by atoms with van der Waals surface area (Å²) < 4.78 is 29.1. The summed E-state index contributed by atoms with van der Waals surface area (Å²) in [6.07, 6.45) is 1.80. The number of rotatable bonds is 5. The Kier molecular flexibility index (Phi) is 4.14. The van der Waals surface area contributed by atoms with E-state index in [-0.39, 0.29) is 11.4 Å². The van der Waals surface area contributed by atoms with Crippen molar-refractivity contribution in [2.45, 2.75) is 31.2 Å². The third kappa shape index (κ3) is 3.25. The number of nitrogens with zero attached hydrogens (tertiary/aromatic N) is 3. The molecule has 0 aliphatic heterocycles. The molecule has 7 heteroatoms. The summed E-state index contributed by atoms with van der Waals surface area (Å²) in [7, 11) is -3.58. The molecule has 2 heterocycles. The standard InChI is InChI=1S/C16H18N4O2S/c1-12(2)13-6-8-14(9-7-13)23(21,22)17-11-16-19-18-15-5-3-4-10-20(15)16/h3-10,12,17H,11H2,1-2H3. The molecule has 0 bridgehead atoms. The van der Waals surface area contributed by atoms with Crippen molar-refractivity contribution in [2.75, 3.05) is 0 Å². The lowest BCUT2D eigenvalue weighted by molar-refractivity contribution is 0.578. The SMILES string of the molecule is CC(C)c1ccc(S(=O)(=O)NCc2nnc3ccccn23)cc1. The molecule has 0 amide bonds. The highest BCUT2D eigenvalue weighted by Gasteiger charge is 2.15. The van der Waals surface area contributed by atoms with Gasteiger partial charge in [-0.25, -0.2) is 13.1 Å². The highest BCUT2D eigenvalue weighted by molar-refractivity contribution is 7.89. The lowest BCUT2D eigenvalue weighted by atomic mass is 10.0. The van der Waals surface area contributed by atoms with Crippen molar-refractivity contribution >= 4 is 15.7 Å². The Morgan fingerprint density at radius 2 is 1.83 bits per heavy atom. The van der Waals surface area contributed by atoms with Crippen LogP contribution in [0.4, 0.5) is 0 Å². The second kappa shape index (κ2) is 6.10. The summed E-state index contributed by atoms with van der Waals surface area (Å²) >= 11 is 0. The van der Waals surface area contributed by atoms with E-state index >= 15 is 0 Å². The average Bonchev–Trinajstić information content (AvgIpc) is 2.96. The summed E-state index contributed by atoms with van der Waals surface area (Å²) in [5.41, 5.74) is 1.79. The third-order valence-corrected chi connectivity index (χ3v) is 5.08. The van der Waals surface area contributed by atoms with Gasteiger partial charge in [0.1, 0.15) is 0 Å². The first-order chi connectivity index (χ1) is 11.0. The van der Waals surface area contributed by atoms with Gasteiger partial charge in [0.2, 0.25) is 10.0 Å². The number of nitrogens with one attached hydrogen (secondary N) is 1. The minimum absolute atomic E-state index is 0.0828. The van der Waals surface area contributed by atoms with Gasteiger partial charge in [-0.05, 0) is 35.7 Å². The van der Waals surface area contributed by atoms with Crippen LogP contribution in [0, 0.1) is 0 Å². The summed E-state index contributed by atoms with van der Waals surface area (Å²) in [4.78, 5) is 0.246. The van der Waals surface area contributed by atoms with Crippen molar-refractivity contribution in [1.82, 2.24) is 19.3 Å². The van der Waals surface area contributed by atoms with Gasteiger partial charge in [-0.3, -0.25) is 4.40 Å². The molecule has 0 aliphatic carbocycles. The number of benzene rings is 1. The highest BCUT2D eigenvalue weighted by Crippen LogP contribution is 2.17. The molecule has 6 nitrogen and oxygen atoms in total. The third-order valence-electron chi connectivity index (χ3n) is 3.66. The Hall–Kier alpha value is -2.25. The maximum Gasteiger partial charge on any atom is 0.240 e. The fourth-order valence-electron chi connectivity index (χ4n) is 2.29. The van der Waals surface area contributed by atoms with E-state index in [1.165, 1.54) is 0 Å². The van der Waals surface area contributed by atoms with Crippen LogP contribution in [-0.2, 0) is 16.6 Å². The normalized spacial score (nSPS) is 12.1. The lowest BCUT2D eigenvalue weighted by Gasteiger charge is -2.08. The molecule has 3 rings (SSSR count). The second-order valence-corrected chi connectivity index (χ2v) is 7.36. The maximum atomic E-state index is 12.4. The van der Waals surface area contributed by atoms with E-state index in [9.17, 15) is 8.42 Å². The van der Waals surface area contributed by atoms with Crippen molar-refractivity contribution in [3.63, 3.8) is 0 Å². The van der Waals surface area contributed by atoms with Crippen molar-refractivity contribution in [1.29, 1.82) is 0 Å². The van der Waals surface area contributed by atoms with E-state index in [0.717, 1.165) is 5.56 Å². The summed E-state index contributed by atoms with van der Waals surface area (Å²) in [5, 5.41) is 8.02. The fraction of sp³-hybridized carbons (Fsp3) is 0.250. The van der Waals surface area contributed by atoms with Gasteiger partial charge < -0.3 is 0 Å². The molecule has 1 aromatic carbocycles. The van der Waals surface area contributed by atoms with Gasteiger partial charge in [0.05, 0.1) is 11.4 Å². The Morgan fingerprint density at radius 1 is 1.09 bits per heavy atom. The molecule has 0 saturated heterocycles. The summed E-state index contributed by atoms with van der Waals surface area (Å²) in [6.45, 7) is 4.22. The number of fused-ring (bicyclic) bond motifs is 1. The number of hydrogen-bond donors (Lipinski definition) is 1. The van der Waals surface area contributed by atoms with Gasteiger partial charge in [-0.15, -0.1) is 10.2 Å². The van der Waals surface area contributed by atoms with Gasteiger partial charge in [0.25, 0.3) is 0 Å². The van der Waals surface area contributed by atoms with E-state index in [4.69, 9.17) is 0 Å². The van der Waals surface area contributed by atoms with Crippen LogP contribution in [0.1, 0.15) is 31.2 Å². The molecule has 23 heavy (non-hydrogen) atoms. The fourth-order valence-corrected chi connectivity index (χ4v) is 3.27. The van der Waals surface area contributed by atoms with E-state index in [2.05, 4.69) is 28.8 Å². The van der Waals surface area contributed by atoms with Crippen LogP contribution in [-0.4, -0.2) is 23.0 Å². The Labute approximate surface area is 135 Å². The van der Waals surface area contributed by atoms with Crippen LogP contribution < -0.4 is 4.72 Å². The molecule has 0 atom stereocenters. The molecule has 0 fully saturated rings. The van der Waals surface area contributed by atoms with Crippen LogP contribution in [0.2, 0.25) is 0 Å². The predicted octanol–water partition coefficient (Wildman–Crippen LogP) is 2.33. The minimum Gasteiger partial charge on any atom is -0.285 e. The van der Waals surface area contributed by atoms with Gasteiger partial charge in [0, 0.05) is 6.20 Å². The first-order valence-electron chi connectivity index (χ1n) is 7.35. The first-order valence-corrected chi connectivity index (χ1v) is 8.84. The number of aromatic nitrogens is 3. The number of pyridine rings is 1. The molecule has 0 aliphatic rings. The van der Waals surface area contributed by atoms with Gasteiger partial charge >= 0.3 is 0 Å². The predicted molar refractivity (Wildman–Crippen MR) is 87.5 cm³/mol. The van der Waals surface area contributed by atoms with Crippen LogP contribution in [0.25, 0.3) is 5.65 Å². The highest BCUT2D eigenvalue weighted by atomic mass is 32.2. The zero-order chi connectivity index (χ0) is 16.4. The summed E-state index contributed by atoms with van der Waals surface area (Å²) in [5.74, 6) is 0.907. The monoisotopic (exact) mass is 330 g/mol. The Balaban J connectivity index is 1.78. The van der Waals surface area contributed by atoms with Crippen LogP contribution in [0.5, 0.6) is 0 Å². The van der Waals surface area contributed by atoms with Crippen molar-refractivity contribution in [3.8, 4) is 0 Å². The van der Waals surface area contributed by atoms with E-state index in [0.29, 0.717) is 17.4 Å². The smallest absolute Gasteiger partial charge is 0.240 e. The van der Waals surface area contributed by atoms with Gasteiger partial charge in [-0.2, -0.15) is 0 Å². The van der Waals surface area contributed by atoms with Gasteiger partial charge in [-0.1, -0.05) is 32.0 Å². The Bertz CT molecular complexity index is 915. The largest absolute Gasteiger partial charge is 0.285 e. The molecule has 2 aromatic heterocycles. The topological polar surface area (TPSA) is 76.4 Å². The molecule has 120 valence electrons. The zero-order valence-corrected chi connectivity index (χ0v) is 13.8. The van der Waals surface area contributed by atoms with Crippen LogP contribution in [0.3, 0.4) is 0 Å². The Morgan fingerprint density at radius 3 is 2.52 bits per heavy atom. The van der Waals surface area contributed by atoms with E-state index < -0.39 is 10.0 Å². The van der Waals surface area contributed by atoms with Crippen molar-refractivity contribution in [2.24, 2.45) is 0 Å². The molecule has 0 saturated carbocycles. The quantitative estimate of drug-likeness (QED) is 0.779. The van der Waals surface area contributed by atoms with E-state index in [1.54, 1.807) is 22.7 Å². The number of sulfonamides is 1. The first kappa shape index (κ1) is 15.6.